The smallest absolute Gasteiger partial charge is 0.268 e. The zero-order valence-corrected chi connectivity index (χ0v) is 21.5. The number of anilines is 2. The molecule has 174 valence electrons. The van der Waals surface area contributed by atoms with Crippen LogP contribution in [0.2, 0.25) is 5.02 Å². The quantitative estimate of drug-likeness (QED) is 0.260. The van der Waals surface area contributed by atoms with E-state index in [1.165, 1.54) is 12.1 Å². The van der Waals surface area contributed by atoms with Crippen molar-refractivity contribution in [2.24, 2.45) is 0 Å². The highest BCUT2D eigenvalue weighted by Crippen LogP contribution is 2.34. The summed E-state index contributed by atoms with van der Waals surface area (Å²) in [5, 5.41) is 3.16. The first kappa shape index (κ1) is 24.5. The third-order valence-corrected chi connectivity index (χ3v) is 6.89. The molecule has 0 radical (unpaired) electrons. The molecular weight excluding hydrogens is 560 g/mol. The average molecular weight is 578 g/mol. The van der Waals surface area contributed by atoms with Gasteiger partial charge in [0.1, 0.15) is 5.69 Å². The molecule has 34 heavy (non-hydrogen) atoms. The maximum Gasteiger partial charge on any atom is 0.268 e. The predicted molar refractivity (Wildman–Crippen MR) is 139 cm³/mol. The van der Waals surface area contributed by atoms with Gasteiger partial charge in [0.25, 0.3) is 17.2 Å². The van der Waals surface area contributed by atoms with Crippen LogP contribution in [0, 0.1) is 0 Å². The van der Waals surface area contributed by atoms with Crippen molar-refractivity contribution in [2.75, 3.05) is 4.31 Å². The molecule has 1 heterocycles. The van der Waals surface area contributed by atoms with E-state index < -0.39 is 17.2 Å². The SMILES string of the molecule is O=C(NCc1ccc(Br)cc1)c1ccc(Cl)cc1N(c1nsnc1Cc1ccccc1)S(=O)O. The molecule has 0 aliphatic carbocycles. The molecule has 0 saturated heterocycles. The van der Waals surface area contributed by atoms with Gasteiger partial charge in [-0.3, -0.25) is 9.35 Å². The number of nitrogens with zero attached hydrogens (tertiary/aromatic N) is 3. The van der Waals surface area contributed by atoms with E-state index in [-0.39, 0.29) is 23.6 Å². The topological polar surface area (TPSA) is 95.4 Å². The number of carbonyl (C=O) groups is 1. The summed E-state index contributed by atoms with van der Waals surface area (Å²) in [6.07, 6.45) is 0.409. The lowest BCUT2D eigenvalue weighted by atomic mass is 10.1. The van der Waals surface area contributed by atoms with Gasteiger partial charge in [-0.2, -0.15) is 8.75 Å². The molecule has 0 aliphatic rings. The van der Waals surface area contributed by atoms with Crippen LogP contribution < -0.4 is 9.62 Å². The van der Waals surface area contributed by atoms with Gasteiger partial charge in [-0.25, -0.2) is 8.51 Å². The Bertz CT molecular complexity index is 1320. The Morgan fingerprint density at radius 2 is 1.79 bits per heavy atom. The van der Waals surface area contributed by atoms with Gasteiger partial charge in [0, 0.05) is 22.5 Å². The van der Waals surface area contributed by atoms with Crippen molar-refractivity contribution in [3.05, 3.63) is 105 Å². The van der Waals surface area contributed by atoms with Gasteiger partial charge in [-0.05, 0) is 41.5 Å². The number of halogens is 2. The zero-order valence-electron chi connectivity index (χ0n) is 17.5. The fourth-order valence-corrected chi connectivity index (χ4v) is 4.92. The van der Waals surface area contributed by atoms with Crippen LogP contribution in [0.5, 0.6) is 0 Å². The van der Waals surface area contributed by atoms with E-state index in [0.717, 1.165) is 31.6 Å². The van der Waals surface area contributed by atoms with Crippen molar-refractivity contribution in [1.82, 2.24) is 14.1 Å². The molecule has 0 fully saturated rings. The summed E-state index contributed by atoms with van der Waals surface area (Å²) in [7, 11) is 0. The first-order valence-electron chi connectivity index (χ1n) is 10.0. The average Bonchev–Trinajstić information content (AvgIpc) is 3.26. The second kappa shape index (κ2) is 11.2. The second-order valence-electron chi connectivity index (χ2n) is 7.19. The van der Waals surface area contributed by atoms with Gasteiger partial charge in [-0.15, -0.1) is 0 Å². The number of nitrogens with one attached hydrogen (secondary N) is 1. The normalized spacial score (nSPS) is 11.7. The van der Waals surface area contributed by atoms with Crippen molar-refractivity contribution < 1.29 is 13.6 Å². The van der Waals surface area contributed by atoms with E-state index >= 15 is 0 Å². The van der Waals surface area contributed by atoms with E-state index in [1.54, 1.807) is 6.07 Å². The van der Waals surface area contributed by atoms with E-state index in [2.05, 4.69) is 30.0 Å². The predicted octanol–water partition coefficient (Wildman–Crippen LogP) is 5.75. The fourth-order valence-electron chi connectivity index (χ4n) is 3.27. The molecule has 1 unspecified atom stereocenters. The van der Waals surface area contributed by atoms with E-state index in [1.807, 2.05) is 54.6 Å². The Morgan fingerprint density at radius 3 is 2.50 bits per heavy atom. The highest BCUT2D eigenvalue weighted by molar-refractivity contribution is 9.10. The molecule has 1 atom stereocenters. The van der Waals surface area contributed by atoms with Crippen molar-refractivity contribution in [3.8, 4) is 0 Å². The molecule has 0 bridgehead atoms. The molecular formula is C23H18BrClN4O3S2. The van der Waals surface area contributed by atoms with Crippen LogP contribution in [0.4, 0.5) is 11.5 Å². The minimum atomic E-state index is -2.54. The third kappa shape index (κ3) is 5.89. The van der Waals surface area contributed by atoms with Crippen LogP contribution in [0.15, 0.2) is 77.3 Å². The molecule has 1 aromatic heterocycles. The number of hydrogen-bond acceptors (Lipinski definition) is 5. The van der Waals surface area contributed by atoms with Crippen LogP contribution in [-0.4, -0.2) is 23.4 Å². The molecule has 1 amide bonds. The van der Waals surface area contributed by atoms with Crippen LogP contribution in [0.1, 0.15) is 27.2 Å². The van der Waals surface area contributed by atoms with Crippen molar-refractivity contribution in [2.45, 2.75) is 13.0 Å². The van der Waals surface area contributed by atoms with Crippen LogP contribution in [0.3, 0.4) is 0 Å². The molecule has 11 heteroatoms. The maximum atomic E-state index is 13.1. The van der Waals surface area contributed by atoms with Crippen LogP contribution >= 0.6 is 39.3 Å². The largest absolute Gasteiger partial charge is 0.348 e. The Balaban J connectivity index is 1.66. The molecule has 7 nitrogen and oxygen atoms in total. The van der Waals surface area contributed by atoms with Gasteiger partial charge in [-0.1, -0.05) is 70.0 Å². The number of carbonyl (C=O) groups excluding carboxylic acids is 1. The van der Waals surface area contributed by atoms with E-state index in [9.17, 15) is 13.6 Å². The Morgan fingerprint density at radius 1 is 1.06 bits per heavy atom. The number of rotatable bonds is 8. The highest BCUT2D eigenvalue weighted by atomic mass is 79.9. The summed E-state index contributed by atoms with van der Waals surface area (Å²) >= 11 is 7.99. The summed E-state index contributed by atoms with van der Waals surface area (Å²) in [5.41, 5.74) is 2.73. The zero-order chi connectivity index (χ0) is 24.1. The number of aromatic nitrogens is 2. The minimum absolute atomic E-state index is 0.156. The first-order valence-corrected chi connectivity index (χ1v) is 13.0. The monoisotopic (exact) mass is 576 g/mol. The number of benzene rings is 3. The van der Waals surface area contributed by atoms with Crippen molar-refractivity contribution in [3.63, 3.8) is 0 Å². The van der Waals surface area contributed by atoms with Crippen LogP contribution in [0.25, 0.3) is 0 Å². The van der Waals surface area contributed by atoms with Crippen molar-refractivity contribution >= 4 is 67.9 Å². The summed E-state index contributed by atoms with van der Waals surface area (Å²) < 4.78 is 33.3. The van der Waals surface area contributed by atoms with Gasteiger partial charge >= 0.3 is 0 Å². The second-order valence-corrected chi connectivity index (χ2v) is 9.90. The summed E-state index contributed by atoms with van der Waals surface area (Å²) in [6, 6.07) is 21.7. The van der Waals surface area contributed by atoms with E-state index in [0.29, 0.717) is 17.1 Å². The highest BCUT2D eigenvalue weighted by Gasteiger charge is 2.27. The lowest BCUT2D eigenvalue weighted by Crippen LogP contribution is -2.28. The first-order chi connectivity index (χ1) is 16.4. The Kier molecular flexibility index (Phi) is 8.07. The number of amides is 1. The van der Waals surface area contributed by atoms with Crippen molar-refractivity contribution in [1.29, 1.82) is 0 Å². The molecule has 0 saturated carbocycles. The van der Waals surface area contributed by atoms with Gasteiger partial charge in [0.15, 0.2) is 5.82 Å². The Labute approximate surface area is 216 Å². The van der Waals surface area contributed by atoms with Gasteiger partial charge in [0.2, 0.25) is 0 Å². The lowest BCUT2D eigenvalue weighted by Gasteiger charge is -2.21. The molecule has 2 N–H and O–H groups in total. The minimum Gasteiger partial charge on any atom is -0.348 e. The lowest BCUT2D eigenvalue weighted by molar-refractivity contribution is 0.0951. The summed E-state index contributed by atoms with van der Waals surface area (Å²) in [5.74, 6) is -0.225. The van der Waals surface area contributed by atoms with Gasteiger partial charge in [0.05, 0.1) is 23.0 Å². The summed E-state index contributed by atoms with van der Waals surface area (Å²) in [6.45, 7) is 0.286. The third-order valence-electron chi connectivity index (χ3n) is 4.89. The summed E-state index contributed by atoms with van der Waals surface area (Å²) in [4.78, 5) is 13.1. The maximum absolute atomic E-state index is 13.1. The molecule has 0 spiro atoms. The molecule has 3 aromatic carbocycles. The van der Waals surface area contributed by atoms with Gasteiger partial charge < -0.3 is 5.32 Å². The molecule has 4 rings (SSSR count). The van der Waals surface area contributed by atoms with Crippen LogP contribution in [-0.2, 0) is 24.2 Å². The fraction of sp³-hybridized carbons (Fsp3) is 0.0870. The molecule has 4 aromatic rings. The molecule has 0 aliphatic heterocycles. The standard InChI is InChI=1S/C23H18BrClN4O3S2/c24-17-8-6-16(7-9-17)14-26-23(30)19-11-10-18(25)13-21(19)29(34(31)32)22-20(27-33-28-22)12-15-4-2-1-3-5-15/h1-11,13H,12,14H2,(H,26,30)(H,31,32). The van der Waals surface area contributed by atoms with E-state index in [4.69, 9.17) is 11.6 Å². The Hall–Kier alpha value is -2.63. The number of hydrogen-bond donors (Lipinski definition) is 2.